The van der Waals surface area contributed by atoms with Crippen molar-refractivity contribution >= 4 is 24.4 Å². The van der Waals surface area contributed by atoms with Crippen LogP contribution in [0.3, 0.4) is 0 Å². The molecule has 0 aromatic carbocycles. The summed E-state index contributed by atoms with van der Waals surface area (Å²) in [6.07, 6.45) is 2.38. The van der Waals surface area contributed by atoms with Gasteiger partial charge in [0.2, 0.25) is 0 Å². The van der Waals surface area contributed by atoms with Crippen LogP contribution < -0.4 is 10.6 Å². The third-order valence-electron chi connectivity index (χ3n) is 2.48. The largest absolute Gasteiger partial charge is 0.798 e. The summed E-state index contributed by atoms with van der Waals surface area (Å²) < 4.78 is 18.1. The van der Waals surface area contributed by atoms with E-state index in [0.29, 0.717) is 23.5 Å². The summed E-state index contributed by atoms with van der Waals surface area (Å²) in [4.78, 5) is 23.1. The maximum absolute atomic E-state index is 11.0. The zero-order valence-electron chi connectivity index (χ0n) is 11.7. The van der Waals surface area contributed by atoms with E-state index in [-0.39, 0.29) is 19.9 Å². The quantitative estimate of drug-likeness (QED) is 0.630. The van der Waals surface area contributed by atoms with Gasteiger partial charge in [0, 0.05) is 14.8 Å². The van der Waals surface area contributed by atoms with Gasteiger partial charge in [-0.2, -0.15) is 0 Å². The highest BCUT2D eigenvalue weighted by atomic mass is 31.2. The number of nitrogen functional groups attached to an aromatic ring is 1. The van der Waals surface area contributed by atoms with Crippen molar-refractivity contribution in [2.24, 2.45) is 0 Å². The number of anilines is 1. The molecule has 0 saturated carbocycles. The molecule has 0 radical (unpaired) electrons. The van der Waals surface area contributed by atoms with Crippen LogP contribution >= 0.6 is 7.37 Å². The van der Waals surface area contributed by atoms with Crippen LogP contribution in [0.25, 0.3) is 11.2 Å². The zero-order chi connectivity index (χ0) is 14.0. The van der Waals surface area contributed by atoms with E-state index in [1.165, 1.54) is 6.33 Å². The Kier molecular flexibility index (Phi) is 5.10. The Morgan fingerprint density at radius 2 is 2.20 bits per heavy atom. The zero-order valence-corrected chi connectivity index (χ0v) is 12.6. The molecule has 0 bridgehead atoms. The predicted molar refractivity (Wildman–Crippen MR) is 75.1 cm³/mol. The third-order valence-corrected chi connectivity index (χ3v) is 3.09. The second-order valence-corrected chi connectivity index (χ2v) is 6.73. The molecule has 2 atom stereocenters. The summed E-state index contributed by atoms with van der Waals surface area (Å²) in [6, 6.07) is 0. The molecule has 0 amide bonds. The predicted octanol–water partition coefficient (Wildman–Crippen LogP) is 0.490. The molecular formula is C11H18N5O3P. The van der Waals surface area contributed by atoms with Crippen molar-refractivity contribution in [3.63, 3.8) is 0 Å². The van der Waals surface area contributed by atoms with Gasteiger partial charge in [-0.25, -0.2) is 15.0 Å². The van der Waals surface area contributed by atoms with Crippen molar-refractivity contribution in [1.82, 2.24) is 19.5 Å². The highest BCUT2D eigenvalue weighted by Crippen LogP contribution is 2.29. The molecule has 0 aliphatic rings. The molecule has 8 nitrogen and oxygen atoms in total. The van der Waals surface area contributed by atoms with Gasteiger partial charge in [-0.1, -0.05) is 0 Å². The number of rotatable bonds is 5. The first-order chi connectivity index (χ1) is 8.87. The summed E-state index contributed by atoms with van der Waals surface area (Å²) in [7, 11) is -3.41. The molecule has 2 aromatic rings. The van der Waals surface area contributed by atoms with E-state index in [9.17, 15) is 9.46 Å². The molecule has 110 valence electrons. The van der Waals surface area contributed by atoms with E-state index in [1.54, 1.807) is 17.8 Å². The first kappa shape index (κ1) is 16.4. The molecule has 9 heteroatoms. The first-order valence-electron chi connectivity index (χ1n) is 5.67. The molecule has 0 aliphatic heterocycles. The van der Waals surface area contributed by atoms with Gasteiger partial charge in [0.05, 0.1) is 25.3 Å². The first-order valence-corrected chi connectivity index (χ1v) is 7.93. The minimum absolute atomic E-state index is 0. The highest BCUT2D eigenvalue weighted by molar-refractivity contribution is 7.55. The fourth-order valence-corrected chi connectivity index (χ4v) is 2.15. The Balaban J connectivity index is 0.00000200. The van der Waals surface area contributed by atoms with Crippen molar-refractivity contribution in [3.05, 3.63) is 20.1 Å². The number of fused-ring (bicyclic) bond motifs is 1. The minimum Gasteiger partial charge on any atom is -0.798 e. The number of nitrogens with two attached hydrogens (primary N) is 1. The second kappa shape index (κ2) is 6.21. The number of aromatic nitrogens is 4. The van der Waals surface area contributed by atoms with E-state index in [1.807, 2.05) is 0 Å². The maximum Gasteiger partial charge on any atom is 0.165 e. The molecular weight excluding hydrogens is 281 g/mol. The van der Waals surface area contributed by atoms with Crippen LogP contribution in [0.15, 0.2) is 12.7 Å². The monoisotopic (exact) mass is 299 g/mol. The van der Waals surface area contributed by atoms with Crippen LogP contribution in [0.5, 0.6) is 0 Å². The fraction of sp³-hybridized carbons (Fsp3) is 0.455. The minimum atomic E-state index is -3.41. The number of imidazole rings is 1. The van der Waals surface area contributed by atoms with E-state index in [0.717, 1.165) is 6.66 Å². The van der Waals surface area contributed by atoms with E-state index in [4.69, 9.17) is 10.5 Å². The highest BCUT2D eigenvalue weighted by Gasteiger charge is 2.11. The Labute approximate surface area is 117 Å². The summed E-state index contributed by atoms with van der Waals surface area (Å²) in [5.74, 6) is 0.315. The molecule has 20 heavy (non-hydrogen) atoms. The summed E-state index contributed by atoms with van der Waals surface area (Å²) >= 11 is 0. The topological polar surface area (TPSA) is 119 Å². The van der Waals surface area contributed by atoms with Gasteiger partial charge in [0.25, 0.3) is 0 Å². The molecule has 0 saturated heterocycles. The van der Waals surface area contributed by atoms with Crippen molar-refractivity contribution in [3.8, 4) is 0 Å². The van der Waals surface area contributed by atoms with Gasteiger partial charge < -0.3 is 24.5 Å². The standard InChI is InChI=1S/C10H16N5O3P.CH3/c1-7(18-6-19(2,16)17)3-15-5-14-8-9(11)12-4-13-10(8)15;/h4-5,7H,3,6H2,1-2H3,(H,16,17)(H2,11,12,13);1H3/q;+1/p-1/t7-;/m1./s1. The Morgan fingerprint density at radius 1 is 1.50 bits per heavy atom. The SMILES string of the molecule is C[C@H](Cn1cnc2c(N)ncnc21)OCP(C)(=O)[O-].[CH3+]. The molecule has 2 aromatic heterocycles. The lowest BCUT2D eigenvalue weighted by Gasteiger charge is -2.21. The lowest BCUT2D eigenvalue weighted by molar-refractivity contribution is -0.179. The lowest BCUT2D eigenvalue weighted by Crippen LogP contribution is -2.19. The normalized spacial score (nSPS) is 15.6. The number of nitrogens with zero attached hydrogens (tertiary/aromatic N) is 4. The van der Waals surface area contributed by atoms with Crippen LogP contribution in [0.1, 0.15) is 6.92 Å². The van der Waals surface area contributed by atoms with Crippen molar-refractivity contribution in [1.29, 1.82) is 0 Å². The second-order valence-electron chi connectivity index (χ2n) is 4.45. The Morgan fingerprint density at radius 3 is 2.85 bits per heavy atom. The van der Waals surface area contributed by atoms with Gasteiger partial charge in [-0.15, -0.1) is 0 Å². The number of ether oxygens (including phenoxy) is 1. The van der Waals surface area contributed by atoms with Gasteiger partial charge in [0.15, 0.2) is 11.5 Å². The van der Waals surface area contributed by atoms with Gasteiger partial charge in [0.1, 0.15) is 11.8 Å². The van der Waals surface area contributed by atoms with Crippen LogP contribution in [-0.2, 0) is 15.8 Å². The van der Waals surface area contributed by atoms with Crippen molar-refractivity contribution in [2.75, 3.05) is 18.7 Å². The van der Waals surface area contributed by atoms with Gasteiger partial charge in [-0.05, 0) is 13.6 Å². The maximum atomic E-state index is 11.0. The summed E-state index contributed by atoms with van der Waals surface area (Å²) in [6.45, 7) is 3.37. The van der Waals surface area contributed by atoms with E-state index < -0.39 is 7.37 Å². The molecule has 2 rings (SSSR count). The average Bonchev–Trinajstić information content (AvgIpc) is 2.71. The lowest BCUT2D eigenvalue weighted by atomic mass is 10.4. The Bertz CT molecular complexity index is 624. The van der Waals surface area contributed by atoms with Crippen LogP contribution in [0, 0.1) is 7.43 Å². The van der Waals surface area contributed by atoms with Crippen molar-refractivity contribution in [2.45, 2.75) is 19.6 Å². The fourth-order valence-electron chi connectivity index (χ4n) is 1.62. The Hall–Kier alpha value is -1.63. The summed E-state index contributed by atoms with van der Waals surface area (Å²) in [5.41, 5.74) is 6.81. The smallest absolute Gasteiger partial charge is 0.165 e. The molecule has 0 spiro atoms. The van der Waals surface area contributed by atoms with E-state index in [2.05, 4.69) is 15.0 Å². The number of hydrogen-bond acceptors (Lipinski definition) is 7. The van der Waals surface area contributed by atoms with Crippen LogP contribution in [0.4, 0.5) is 5.82 Å². The van der Waals surface area contributed by atoms with Gasteiger partial charge in [-0.3, -0.25) is 0 Å². The average molecular weight is 299 g/mol. The molecule has 0 fully saturated rings. The molecule has 2 N–H and O–H groups in total. The van der Waals surface area contributed by atoms with Crippen molar-refractivity contribution < 1.29 is 14.2 Å². The van der Waals surface area contributed by atoms with Crippen LogP contribution in [-0.4, -0.2) is 38.6 Å². The van der Waals surface area contributed by atoms with Gasteiger partial charge >= 0.3 is 0 Å². The van der Waals surface area contributed by atoms with E-state index >= 15 is 0 Å². The van der Waals surface area contributed by atoms with Crippen LogP contribution in [0.2, 0.25) is 0 Å². The molecule has 1 unspecified atom stereocenters. The molecule has 2 heterocycles. The molecule has 0 aliphatic carbocycles. The number of hydrogen-bond donors (Lipinski definition) is 1. The summed E-state index contributed by atoms with van der Waals surface area (Å²) in [5, 5.41) is 0. The third kappa shape index (κ3) is 3.93.